The largest absolute Gasteiger partial charge is 0.302 e. The maximum absolute atomic E-state index is 3.93. The molecule has 0 unspecified atom stereocenters. The zero-order chi connectivity index (χ0) is 7.66. The zero-order valence-corrected chi connectivity index (χ0v) is 7.01. The van der Waals surface area contributed by atoms with E-state index in [1.54, 1.807) is 7.41 Å². The van der Waals surface area contributed by atoms with Crippen molar-refractivity contribution in [3.05, 3.63) is 0 Å². The molecule has 0 saturated carbocycles. The SMILES string of the molecule is C[B]N=NCCCCCC. The van der Waals surface area contributed by atoms with Gasteiger partial charge in [0, 0.05) is 0 Å². The summed E-state index contributed by atoms with van der Waals surface area (Å²) in [6.07, 6.45) is 5.09. The van der Waals surface area contributed by atoms with Crippen molar-refractivity contribution in [2.75, 3.05) is 6.54 Å². The fraction of sp³-hybridized carbons (Fsp3) is 1.00. The van der Waals surface area contributed by atoms with E-state index in [0.717, 1.165) is 6.54 Å². The van der Waals surface area contributed by atoms with E-state index < -0.39 is 0 Å². The molecule has 0 aliphatic heterocycles. The summed E-state index contributed by atoms with van der Waals surface area (Å²) in [5.74, 6) is 0. The summed E-state index contributed by atoms with van der Waals surface area (Å²) in [7, 11) is 1.72. The van der Waals surface area contributed by atoms with Crippen molar-refractivity contribution in [1.82, 2.24) is 0 Å². The molecule has 2 nitrogen and oxygen atoms in total. The van der Waals surface area contributed by atoms with Crippen LogP contribution in [0.15, 0.2) is 10.1 Å². The van der Waals surface area contributed by atoms with E-state index in [1.165, 1.54) is 25.7 Å². The molecule has 0 aromatic heterocycles. The molecule has 3 heteroatoms. The van der Waals surface area contributed by atoms with Gasteiger partial charge in [0.05, 0.1) is 6.54 Å². The fourth-order valence-corrected chi connectivity index (χ4v) is 0.749. The predicted octanol–water partition coefficient (Wildman–Crippen LogP) is 2.69. The van der Waals surface area contributed by atoms with Crippen LogP contribution in [0.3, 0.4) is 0 Å². The molecular weight excluding hydrogens is 123 g/mol. The first-order chi connectivity index (χ1) is 4.91. The second-order valence-corrected chi connectivity index (χ2v) is 2.30. The summed E-state index contributed by atoms with van der Waals surface area (Å²) < 4.78 is 0. The van der Waals surface area contributed by atoms with Crippen LogP contribution in [0.2, 0.25) is 6.82 Å². The number of nitrogens with zero attached hydrogens (tertiary/aromatic N) is 2. The number of hydrogen-bond acceptors (Lipinski definition) is 2. The molecule has 0 bridgehead atoms. The maximum atomic E-state index is 3.93. The minimum atomic E-state index is 0.893. The Kier molecular flexibility index (Phi) is 8.37. The Morgan fingerprint density at radius 1 is 1.20 bits per heavy atom. The smallest absolute Gasteiger partial charge is 0.266 e. The molecule has 10 heavy (non-hydrogen) atoms. The Balaban J connectivity index is 2.83. The standard InChI is InChI=1S/C7H16BN2/c1-3-4-5-6-7-9-10-8-2/h3-7H2,1-2H3. The van der Waals surface area contributed by atoms with Gasteiger partial charge in [0.25, 0.3) is 0 Å². The van der Waals surface area contributed by atoms with Gasteiger partial charge in [-0.15, -0.1) is 0 Å². The van der Waals surface area contributed by atoms with Crippen LogP contribution in [0.25, 0.3) is 0 Å². The maximum Gasteiger partial charge on any atom is 0.302 e. The predicted molar refractivity (Wildman–Crippen MR) is 45.5 cm³/mol. The van der Waals surface area contributed by atoms with E-state index in [4.69, 9.17) is 0 Å². The average Bonchev–Trinajstić information content (AvgIpc) is 1.97. The lowest BCUT2D eigenvalue weighted by Gasteiger charge is -1.92. The van der Waals surface area contributed by atoms with E-state index in [9.17, 15) is 0 Å². The summed E-state index contributed by atoms with van der Waals surface area (Å²) in [6.45, 7) is 4.99. The van der Waals surface area contributed by atoms with Crippen molar-refractivity contribution in [2.45, 2.75) is 39.4 Å². The van der Waals surface area contributed by atoms with Crippen LogP contribution >= 0.6 is 0 Å². The van der Waals surface area contributed by atoms with Gasteiger partial charge < -0.3 is 0 Å². The van der Waals surface area contributed by atoms with Crippen LogP contribution in [-0.2, 0) is 0 Å². The number of hydrogen-bond donors (Lipinski definition) is 0. The van der Waals surface area contributed by atoms with Crippen LogP contribution in [-0.4, -0.2) is 14.0 Å². The Morgan fingerprint density at radius 2 is 2.00 bits per heavy atom. The third kappa shape index (κ3) is 7.66. The lowest BCUT2D eigenvalue weighted by atomic mass is 10.0. The molecule has 1 radical (unpaired) electrons. The molecule has 0 aromatic rings. The summed E-state index contributed by atoms with van der Waals surface area (Å²) >= 11 is 0. The van der Waals surface area contributed by atoms with E-state index >= 15 is 0 Å². The van der Waals surface area contributed by atoms with Gasteiger partial charge >= 0.3 is 7.41 Å². The molecule has 0 aliphatic carbocycles. The molecule has 0 heterocycles. The molecule has 0 N–H and O–H groups in total. The summed E-state index contributed by atoms with van der Waals surface area (Å²) in [6, 6.07) is 0. The normalized spacial score (nSPS) is 10.6. The van der Waals surface area contributed by atoms with Crippen LogP contribution in [0.1, 0.15) is 32.6 Å². The van der Waals surface area contributed by atoms with Crippen molar-refractivity contribution in [3.8, 4) is 0 Å². The summed E-state index contributed by atoms with van der Waals surface area (Å²) in [5.41, 5.74) is 0. The van der Waals surface area contributed by atoms with E-state index in [0.29, 0.717) is 0 Å². The lowest BCUT2D eigenvalue weighted by Crippen LogP contribution is -1.81. The third-order valence-corrected chi connectivity index (χ3v) is 1.31. The fourth-order valence-electron chi connectivity index (χ4n) is 0.749. The average molecular weight is 139 g/mol. The minimum Gasteiger partial charge on any atom is -0.266 e. The third-order valence-electron chi connectivity index (χ3n) is 1.31. The van der Waals surface area contributed by atoms with Crippen LogP contribution in [0.5, 0.6) is 0 Å². The van der Waals surface area contributed by atoms with Crippen LogP contribution < -0.4 is 0 Å². The zero-order valence-electron chi connectivity index (χ0n) is 7.01. The molecule has 0 fully saturated rings. The second kappa shape index (κ2) is 8.66. The molecule has 0 spiro atoms. The van der Waals surface area contributed by atoms with E-state index in [1.807, 2.05) is 6.82 Å². The number of unbranched alkanes of at least 4 members (excludes halogenated alkanes) is 3. The van der Waals surface area contributed by atoms with Gasteiger partial charge in [0.2, 0.25) is 0 Å². The van der Waals surface area contributed by atoms with E-state index in [-0.39, 0.29) is 0 Å². The number of rotatable bonds is 6. The highest BCUT2D eigenvalue weighted by atomic mass is 15.0. The highest BCUT2D eigenvalue weighted by Gasteiger charge is 1.84. The van der Waals surface area contributed by atoms with Gasteiger partial charge in [0.1, 0.15) is 0 Å². The van der Waals surface area contributed by atoms with Gasteiger partial charge in [0.15, 0.2) is 0 Å². The first kappa shape index (κ1) is 9.66. The minimum absolute atomic E-state index is 0.893. The lowest BCUT2D eigenvalue weighted by molar-refractivity contribution is 0.668. The Hall–Kier alpha value is -0.335. The van der Waals surface area contributed by atoms with E-state index in [2.05, 4.69) is 17.1 Å². The summed E-state index contributed by atoms with van der Waals surface area (Å²) in [4.78, 5) is 0. The van der Waals surface area contributed by atoms with Crippen LogP contribution in [0, 0.1) is 0 Å². The quantitative estimate of drug-likeness (QED) is 0.307. The molecule has 0 atom stereocenters. The van der Waals surface area contributed by atoms with Crippen molar-refractivity contribution < 1.29 is 0 Å². The summed E-state index contributed by atoms with van der Waals surface area (Å²) in [5, 5.41) is 7.70. The van der Waals surface area contributed by atoms with Crippen molar-refractivity contribution in [2.24, 2.45) is 10.1 Å². The van der Waals surface area contributed by atoms with Gasteiger partial charge in [-0.2, -0.15) is 0 Å². The van der Waals surface area contributed by atoms with Gasteiger partial charge in [-0.3, -0.25) is 5.03 Å². The molecular formula is C7H16BN2. The Bertz CT molecular complexity index is 83.7. The molecule has 0 saturated heterocycles. The first-order valence-electron chi connectivity index (χ1n) is 4.06. The van der Waals surface area contributed by atoms with Crippen molar-refractivity contribution in [3.63, 3.8) is 0 Å². The Labute approximate surface area is 64.4 Å². The topological polar surface area (TPSA) is 24.7 Å². The first-order valence-corrected chi connectivity index (χ1v) is 4.06. The molecule has 0 amide bonds. The highest BCUT2D eigenvalue weighted by Crippen LogP contribution is 1.98. The van der Waals surface area contributed by atoms with Gasteiger partial charge in [-0.25, -0.2) is 5.11 Å². The van der Waals surface area contributed by atoms with Gasteiger partial charge in [-0.05, 0) is 6.42 Å². The molecule has 0 aromatic carbocycles. The van der Waals surface area contributed by atoms with Crippen LogP contribution in [0.4, 0.5) is 0 Å². The second-order valence-electron chi connectivity index (χ2n) is 2.30. The Morgan fingerprint density at radius 3 is 2.60 bits per heavy atom. The van der Waals surface area contributed by atoms with Gasteiger partial charge in [-0.1, -0.05) is 33.0 Å². The molecule has 0 rings (SSSR count). The van der Waals surface area contributed by atoms with Crippen molar-refractivity contribution >= 4 is 7.41 Å². The molecule has 57 valence electrons. The van der Waals surface area contributed by atoms with Crippen molar-refractivity contribution in [1.29, 1.82) is 0 Å². The molecule has 0 aliphatic rings. The monoisotopic (exact) mass is 139 g/mol. The highest BCUT2D eigenvalue weighted by molar-refractivity contribution is 6.30.